The van der Waals surface area contributed by atoms with Crippen LogP contribution >= 0.6 is 0 Å². The van der Waals surface area contributed by atoms with Crippen LogP contribution < -0.4 is 42.4 Å². The van der Waals surface area contributed by atoms with Crippen LogP contribution in [0.25, 0.3) is 0 Å². The molecule has 1 atom stereocenters. The third-order valence-electron chi connectivity index (χ3n) is 5.79. The molecule has 1 aliphatic carbocycles. The fraction of sp³-hybridized carbons (Fsp3) is 0.565. The van der Waals surface area contributed by atoms with E-state index in [9.17, 15) is 0 Å². The summed E-state index contributed by atoms with van der Waals surface area (Å²) in [6, 6.07) is 6.23. The third kappa shape index (κ3) is 6.76. The fourth-order valence-corrected chi connectivity index (χ4v) is 12.0. The Morgan fingerprint density at radius 2 is 1.46 bits per heavy atom. The maximum Gasteiger partial charge on any atom is -1.00 e. The van der Waals surface area contributed by atoms with Crippen LogP contribution in [0.2, 0.25) is 12.6 Å². The van der Waals surface area contributed by atoms with Crippen molar-refractivity contribution in [3.8, 4) is 0 Å². The van der Waals surface area contributed by atoms with Crippen molar-refractivity contribution in [2.45, 2.75) is 85.7 Å². The molecule has 2 rings (SSSR count). The first-order chi connectivity index (χ1) is 11.8. The Kier molecular flexibility index (Phi) is 15.1. The zero-order chi connectivity index (χ0) is 18.6. The Morgan fingerprint density at radius 1 is 0.929 bits per heavy atom. The Morgan fingerprint density at radius 3 is 1.96 bits per heavy atom. The summed E-state index contributed by atoms with van der Waals surface area (Å²) in [4.78, 5) is 0. The molecule has 0 amide bonds. The summed E-state index contributed by atoms with van der Waals surface area (Å²) in [6.45, 7) is 14.3. The van der Waals surface area contributed by atoms with Crippen LogP contribution in [0.4, 0.5) is 0 Å². The number of benzene rings is 1. The molecule has 0 saturated heterocycles. The molecule has 0 radical (unpaired) electrons. The fourth-order valence-electron chi connectivity index (χ4n) is 4.86. The molecule has 1 aliphatic rings. The van der Waals surface area contributed by atoms with E-state index in [1.807, 2.05) is 5.20 Å². The number of rotatable bonds is 8. The number of unbranched alkanes of at least 4 members (excludes halogenated alkanes) is 2. The van der Waals surface area contributed by atoms with Gasteiger partial charge in [-0.15, -0.1) is 0 Å². The molecule has 1 unspecified atom stereocenters. The standard InChI is InChI=1S/C23H35Si.3ClH.Ti/c1-7-9-12-21-13-11-14-22(21)24(6,15-10-8-2)23-19(4)16-18(3)17-20(23)5;;;;/h13,16-17H,7-12,15H2,1-6H3;3*1H;/q;;;;+3/p-3. The van der Waals surface area contributed by atoms with E-state index in [1.165, 1.54) is 61.3 Å². The average Bonchev–Trinajstić information content (AvgIpc) is 2.91. The van der Waals surface area contributed by atoms with Crippen LogP contribution in [0.1, 0.15) is 69.1 Å². The molecular formula is C23H35Cl3SiTi. The summed E-state index contributed by atoms with van der Waals surface area (Å²) >= 11 is 2.40. The van der Waals surface area contributed by atoms with Crippen LogP contribution in [-0.4, -0.2) is 8.07 Å². The molecule has 0 spiro atoms. The van der Waals surface area contributed by atoms with Crippen LogP contribution in [0.15, 0.2) is 32.9 Å². The van der Waals surface area contributed by atoms with Crippen molar-refractivity contribution in [2.24, 2.45) is 0 Å². The van der Waals surface area contributed by atoms with Crippen molar-refractivity contribution < 1.29 is 57.7 Å². The van der Waals surface area contributed by atoms with Gasteiger partial charge in [-0.2, -0.15) is 0 Å². The van der Waals surface area contributed by atoms with Crippen LogP contribution in [-0.2, 0) is 20.4 Å². The Balaban J connectivity index is 0. The second-order valence-corrected chi connectivity index (χ2v) is 13.2. The molecule has 0 nitrogen and oxygen atoms in total. The smallest absolute Gasteiger partial charge is 1.00 e. The molecule has 0 bridgehead atoms. The van der Waals surface area contributed by atoms with Crippen molar-refractivity contribution >= 4 is 13.3 Å². The topological polar surface area (TPSA) is 0 Å². The zero-order valence-corrected chi connectivity index (χ0v) is 23.1. The maximum absolute atomic E-state index is 2.66. The minimum absolute atomic E-state index is 0. The van der Waals surface area contributed by atoms with Gasteiger partial charge >= 0.3 is 169 Å². The van der Waals surface area contributed by atoms with Crippen molar-refractivity contribution in [3.63, 3.8) is 0 Å². The normalized spacial score (nSPS) is 15.2. The van der Waals surface area contributed by atoms with Gasteiger partial charge in [0.05, 0.1) is 0 Å². The van der Waals surface area contributed by atoms with Gasteiger partial charge in [-0.25, -0.2) is 0 Å². The number of allylic oxidation sites excluding steroid dienone is 4. The average molecular weight is 494 g/mol. The van der Waals surface area contributed by atoms with Gasteiger partial charge in [-0.05, 0) is 0 Å². The van der Waals surface area contributed by atoms with E-state index in [4.69, 9.17) is 0 Å². The molecule has 28 heavy (non-hydrogen) atoms. The minimum atomic E-state index is -1.69. The van der Waals surface area contributed by atoms with Gasteiger partial charge in [0.15, 0.2) is 0 Å². The minimum Gasteiger partial charge on any atom is -1.00 e. The Hall–Kier alpha value is 0.501. The van der Waals surface area contributed by atoms with E-state index in [-0.39, 0.29) is 37.2 Å². The Bertz CT molecular complexity index is 674. The second kappa shape index (κ2) is 13.7. The van der Waals surface area contributed by atoms with Crippen molar-refractivity contribution in [1.82, 2.24) is 0 Å². The predicted molar refractivity (Wildman–Crippen MR) is 111 cm³/mol. The molecule has 0 N–H and O–H groups in total. The summed E-state index contributed by atoms with van der Waals surface area (Å²) in [5.41, 5.74) is 6.17. The van der Waals surface area contributed by atoms with E-state index in [0.717, 1.165) is 0 Å². The third-order valence-corrected chi connectivity index (χ3v) is 11.9. The monoisotopic (exact) mass is 492 g/mol. The molecule has 5 heteroatoms. The number of hydrogen-bond donors (Lipinski definition) is 0. The zero-order valence-electron chi connectivity index (χ0n) is 18.3. The summed E-state index contributed by atoms with van der Waals surface area (Å²) in [5, 5.41) is 3.54. The van der Waals surface area contributed by atoms with Crippen LogP contribution in [0.5, 0.6) is 0 Å². The van der Waals surface area contributed by atoms with E-state index in [2.05, 4.69) is 79.8 Å². The van der Waals surface area contributed by atoms with Gasteiger partial charge in [0.1, 0.15) is 0 Å². The van der Waals surface area contributed by atoms with Gasteiger partial charge in [0.2, 0.25) is 0 Å². The van der Waals surface area contributed by atoms with Gasteiger partial charge in [-0.1, -0.05) is 0 Å². The SMILES string of the molecule is CCCCC1=CC[C]([Ti+3])=C1[Si](C)(CCCC)c1c(C)cc(C)cc1C.[Cl-].[Cl-].[Cl-]. The summed E-state index contributed by atoms with van der Waals surface area (Å²) < 4.78 is 1.66. The largest absolute Gasteiger partial charge is 1.00 e. The maximum atomic E-state index is 2.66. The first-order valence-corrected chi connectivity index (χ1v) is 13.6. The number of aryl methyl sites for hydroxylation is 3. The van der Waals surface area contributed by atoms with E-state index >= 15 is 0 Å². The molecule has 0 fully saturated rings. The first-order valence-electron chi connectivity index (χ1n) is 10.1. The molecule has 0 aromatic heterocycles. The molecule has 1 aromatic rings. The molecule has 156 valence electrons. The van der Waals surface area contributed by atoms with Crippen LogP contribution in [0, 0.1) is 20.8 Å². The summed E-state index contributed by atoms with van der Waals surface area (Å²) in [6.07, 6.45) is 10.3. The van der Waals surface area contributed by atoms with E-state index in [0.29, 0.717) is 0 Å². The predicted octanol–water partition coefficient (Wildman–Crippen LogP) is -2.43. The number of halogens is 3. The summed E-state index contributed by atoms with van der Waals surface area (Å²) in [5.74, 6) is 0. The van der Waals surface area contributed by atoms with Crippen molar-refractivity contribution in [1.29, 1.82) is 0 Å². The molecule has 0 heterocycles. The Labute approximate surface area is 205 Å². The van der Waals surface area contributed by atoms with Gasteiger partial charge in [0, 0.05) is 0 Å². The van der Waals surface area contributed by atoms with Crippen LogP contribution in [0.3, 0.4) is 0 Å². The summed E-state index contributed by atoms with van der Waals surface area (Å²) in [7, 11) is -1.69. The van der Waals surface area contributed by atoms with Crippen molar-refractivity contribution in [2.75, 3.05) is 0 Å². The van der Waals surface area contributed by atoms with Crippen molar-refractivity contribution in [3.05, 3.63) is 49.5 Å². The van der Waals surface area contributed by atoms with E-state index in [1.54, 1.807) is 14.6 Å². The van der Waals surface area contributed by atoms with Gasteiger partial charge in [0.25, 0.3) is 0 Å². The number of hydrogen-bond acceptors (Lipinski definition) is 0. The molecule has 1 aromatic carbocycles. The van der Waals surface area contributed by atoms with E-state index < -0.39 is 8.07 Å². The first kappa shape index (κ1) is 30.7. The molecule has 0 aliphatic heterocycles. The second-order valence-electron chi connectivity index (χ2n) is 8.10. The molecule has 0 saturated carbocycles. The van der Waals surface area contributed by atoms with Gasteiger partial charge < -0.3 is 37.2 Å². The van der Waals surface area contributed by atoms with Gasteiger partial charge in [-0.3, -0.25) is 0 Å². The quantitative estimate of drug-likeness (QED) is 0.354. The molecular weight excluding hydrogens is 459 g/mol.